The molecule has 0 fully saturated rings. The molecule has 6 heteroatoms. The number of aryl methyl sites for hydroxylation is 2. The van der Waals surface area contributed by atoms with E-state index in [-0.39, 0.29) is 12.5 Å². The van der Waals surface area contributed by atoms with Crippen LogP contribution in [0.1, 0.15) is 28.7 Å². The van der Waals surface area contributed by atoms with E-state index < -0.39 is 11.7 Å². The zero-order valence-corrected chi connectivity index (χ0v) is 14.2. The van der Waals surface area contributed by atoms with E-state index in [1.807, 2.05) is 18.2 Å². The number of ether oxygens (including phenoxy) is 1. The summed E-state index contributed by atoms with van der Waals surface area (Å²) in [6.07, 6.45) is -0.570. The van der Waals surface area contributed by atoms with Crippen LogP contribution in [-0.4, -0.2) is 19.1 Å². The molecular weight excluding hydrogens is 343 g/mol. The predicted octanol–water partition coefficient (Wildman–Crippen LogP) is 3.93. The molecule has 0 atom stereocenters. The van der Waals surface area contributed by atoms with Crippen molar-refractivity contribution in [3.05, 3.63) is 64.7 Å². The van der Waals surface area contributed by atoms with Gasteiger partial charge in [0.05, 0.1) is 5.56 Å². The monoisotopic (exact) mass is 363 g/mol. The fraction of sp³-hybridized carbons (Fsp3) is 0.350. The molecule has 0 heterocycles. The minimum atomic E-state index is -4.33. The lowest BCUT2D eigenvalue weighted by molar-refractivity contribution is -0.137. The van der Waals surface area contributed by atoms with E-state index >= 15 is 0 Å². The Hall–Kier alpha value is -2.50. The number of carbonyl (C=O) groups excluding carboxylic acids is 1. The van der Waals surface area contributed by atoms with E-state index in [1.54, 1.807) is 0 Å². The molecule has 1 aliphatic rings. The third-order valence-corrected chi connectivity index (χ3v) is 4.46. The lowest BCUT2D eigenvalue weighted by atomic mass is 10.1. The normalized spacial score (nSPS) is 13.3. The maximum atomic E-state index is 12.5. The summed E-state index contributed by atoms with van der Waals surface area (Å²) in [5, 5.41) is 2.71. The van der Waals surface area contributed by atoms with Gasteiger partial charge in [-0.05, 0) is 66.6 Å². The van der Waals surface area contributed by atoms with Gasteiger partial charge < -0.3 is 10.1 Å². The van der Waals surface area contributed by atoms with E-state index in [0.29, 0.717) is 18.7 Å². The van der Waals surface area contributed by atoms with Crippen LogP contribution in [-0.2, 0) is 30.2 Å². The first kappa shape index (κ1) is 18.3. The van der Waals surface area contributed by atoms with Crippen LogP contribution in [0.25, 0.3) is 0 Å². The Morgan fingerprint density at radius 2 is 1.77 bits per heavy atom. The summed E-state index contributed by atoms with van der Waals surface area (Å²) in [5.41, 5.74) is 2.69. The first-order valence-corrected chi connectivity index (χ1v) is 8.59. The van der Waals surface area contributed by atoms with E-state index in [9.17, 15) is 18.0 Å². The van der Waals surface area contributed by atoms with Crippen LogP contribution in [0, 0.1) is 0 Å². The van der Waals surface area contributed by atoms with Gasteiger partial charge in [0.15, 0.2) is 6.61 Å². The van der Waals surface area contributed by atoms with Crippen molar-refractivity contribution in [3.8, 4) is 5.75 Å². The predicted molar refractivity (Wildman–Crippen MR) is 92.1 cm³/mol. The number of hydrogen-bond acceptors (Lipinski definition) is 2. The fourth-order valence-electron chi connectivity index (χ4n) is 3.04. The number of alkyl halides is 3. The first-order valence-electron chi connectivity index (χ1n) is 8.59. The van der Waals surface area contributed by atoms with Crippen molar-refractivity contribution >= 4 is 5.91 Å². The number of carbonyl (C=O) groups is 1. The number of nitrogens with one attached hydrogen (secondary N) is 1. The topological polar surface area (TPSA) is 38.3 Å². The van der Waals surface area contributed by atoms with Crippen LogP contribution in [0.3, 0.4) is 0 Å². The number of benzene rings is 2. The molecule has 0 saturated heterocycles. The molecule has 0 saturated carbocycles. The van der Waals surface area contributed by atoms with Crippen molar-refractivity contribution in [2.24, 2.45) is 0 Å². The first-order chi connectivity index (χ1) is 12.4. The van der Waals surface area contributed by atoms with Crippen LogP contribution >= 0.6 is 0 Å². The minimum absolute atomic E-state index is 0.0776. The second-order valence-electron chi connectivity index (χ2n) is 6.37. The third-order valence-electron chi connectivity index (χ3n) is 4.46. The van der Waals surface area contributed by atoms with Crippen molar-refractivity contribution in [2.45, 2.75) is 31.9 Å². The van der Waals surface area contributed by atoms with Crippen molar-refractivity contribution in [1.29, 1.82) is 0 Å². The molecule has 3 nitrogen and oxygen atoms in total. The highest BCUT2D eigenvalue weighted by Gasteiger charge is 2.29. The molecule has 1 aliphatic carbocycles. The molecule has 0 radical (unpaired) electrons. The van der Waals surface area contributed by atoms with Crippen molar-refractivity contribution in [3.63, 3.8) is 0 Å². The number of halogens is 3. The second-order valence-corrected chi connectivity index (χ2v) is 6.37. The van der Waals surface area contributed by atoms with Gasteiger partial charge in [-0.1, -0.05) is 18.2 Å². The van der Waals surface area contributed by atoms with Gasteiger partial charge in [-0.3, -0.25) is 4.79 Å². The van der Waals surface area contributed by atoms with Crippen molar-refractivity contribution in [2.75, 3.05) is 13.2 Å². The number of fused-ring (bicyclic) bond motifs is 1. The highest BCUT2D eigenvalue weighted by atomic mass is 19.4. The van der Waals surface area contributed by atoms with Gasteiger partial charge in [-0.25, -0.2) is 0 Å². The molecule has 1 amide bonds. The maximum absolute atomic E-state index is 12.5. The Bertz CT molecular complexity index is 770. The Morgan fingerprint density at radius 3 is 2.50 bits per heavy atom. The summed E-state index contributed by atoms with van der Waals surface area (Å²) in [4.78, 5) is 11.8. The van der Waals surface area contributed by atoms with Crippen LogP contribution in [0.15, 0.2) is 42.5 Å². The van der Waals surface area contributed by atoms with Gasteiger partial charge in [-0.15, -0.1) is 0 Å². The van der Waals surface area contributed by atoms with Crippen LogP contribution < -0.4 is 10.1 Å². The molecule has 0 bridgehead atoms. The Morgan fingerprint density at radius 1 is 1.04 bits per heavy atom. The summed E-state index contributed by atoms with van der Waals surface area (Å²) in [6.45, 7) is 0.267. The Balaban J connectivity index is 1.40. The van der Waals surface area contributed by atoms with Gasteiger partial charge in [0.1, 0.15) is 5.75 Å². The third kappa shape index (κ3) is 4.77. The molecule has 0 aliphatic heterocycles. The standard InChI is InChI=1S/C20H20F3NO2/c21-20(22,23)17-7-4-14(5-8-17)10-11-24-19(25)13-26-18-9-6-15-2-1-3-16(15)12-18/h4-9,12H,1-3,10-11,13H2,(H,24,25). The Kier molecular flexibility index (Phi) is 5.49. The van der Waals surface area contributed by atoms with Gasteiger partial charge >= 0.3 is 6.18 Å². The lowest BCUT2D eigenvalue weighted by Gasteiger charge is -2.10. The molecule has 3 rings (SSSR count). The minimum Gasteiger partial charge on any atom is -0.484 e. The van der Waals surface area contributed by atoms with Gasteiger partial charge in [-0.2, -0.15) is 13.2 Å². The number of rotatable bonds is 6. The molecule has 0 spiro atoms. The van der Waals surface area contributed by atoms with E-state index in [1.165, 1.54) is 23.3 Å². The highest BCUT2D eigenvalue weighted by Crippen LogP contribution is 2.29. The summed E-state index contributed by atoms with van der Waals surface area (Å²) in [5.74, 6) is 0.431. The van der Waals surface area contributed by atoms with Crippen LogP contribution in [0.4, 0.5) is 13.2 Å². The summed E-state index contributed by atoms with van der Waals surface area (Å²) in [6, 6.07) is 10.9. The van der Waals surface area contributed by atoms with E-state index in [4.69, 9.17) is 4.74 Å². The van der Waals surface area contributed by atoms with Gasteiger partial charge in [0, 0.05) is 6.54 Å². The summed E-state index contributed by atoms with van der Waals surface area (Å²) < 4.78 is 43.0. The SMILES string of the molecule is O=C(COc1ccc2c(c1)CCC2)NCCc1ccc(C(F)(F)F)cc1. The lowest BCUT2D eigenvalue weighted by Crippen LogP contribution is -2.30. The molecule has 138 valence electrons. The van der Waals surface area contributed by atoms with Crippen LogP contribution in [0.2, 0.25) is 0 Å². The second kappa shape index (κ2) is 7.81. The Labute approximate surface area is 150 Å². The smallest absolute Gasteiger partial charge is 0.416 e. The number of amides is 1. The zero-order chi connectivity index (χ0) is 18.6. The van der Waals surface area contributed by atoms with Crippen molar-refractivity contribution in [1.82, 2.24) is 5.32 Å². The largest absolute Gasteiger partial charge is 0.484 e. The average molecular weight is 363 g/mol. The highest BCUT2D eigenvalue weighted by molar-refractivity contribution is 5.77. The van der Waals surface area contributed by atoms with E-state index in [0.717, 1.165) is 37.0 Å². The molecule has 0 unspecified atom stereocenters. The molecule has 2 aromatic carbocycles. The molecule has 0 aromatic heterocycles. The fourth-order valence-corrected chi connectivity index (χ4v) is 3.04. The molecule has 2 aromatic rings. The quantitative estimate of drug-likeness (QED) is 0.845. The molecular formula is C20H20F3NO2. The summed E-state index contributed by atoms with van der Waals surface area (Å²) in [7, 11) is 0. The van der Waals surface area contributed by atoms with Crippen LogP contribution in [0.5, 0.6) is 5.75 Å². The summed E-state index contributed by atoms with van der Waals surface area (Å²) >= 11 is 0. The zero-order valence-electron chi connectivity index (χ0n) is 14.2. The van der Waals surface area contributed by atoms with Gasteiger partial charge in [0.25, 0.3) is 5.91 Å². The van der Waals surface area contributed by atoms with Gasteiger partial charge in [0.2, 0.25) is 0 Å². The molecule has 1 N–H and O–H groups in total. The van der Waals surface area contributed by atoms with E-state index in [2.05, 4.69) is 5.32 Å². The maximum Gasteiger partial charge on any atom is 0.416 e. The van der Waals surface area contributed by atoms with Crippen molar-refractivity contribution < 1.29 is 22.7 Å². The average Bonchev–Trinajstić information content (AvgIpc) is 3.07. The molecule has 26 heavy (non-hydrogen) atoms. The number of hydrogen-bond donors (Lipinski definition) is 1.